The topological polar surface area (TPSA) is 68.3 Å². The van der Waals surface area contributed by atoms with E-state index in [0.717, 1.165) is 17.0 Å². The molecule has 1 heterocycles. The molecule has 0 radical (unpaired) electrons. The number of aromatic nitrogens is 1. The van der Waals surface area contributed by atoms with E-state index in [0.29, 0.717) is 24.3 Å². The van der Waals surface area contributed by atoms with Crippen LogP contribution in [0.3, 0.4) is 0 Å². The van der Waals surface area contributed by atoms with Gasteiger partial charge in [-0.3, -0.25) is 9.59 Å². The van der Waals surface area contributed by atoms with E-state index < -0.39 is 0 Å². The van der Waals surface area contributed by atoms with Gasteiger partial charge in [0.25, 0.3) is 5.91 Å². The number of benzene rings is 1. The van der Waals surface area contributed by atoms with Crippen molar-refractivity contribution in [2.45, 2.75) is 13.3 Å². The molecular formula is C15H16N2O3S. The molecule has 0 unspecified atom stereocenters. The van der Waals surface area contributed by atoms with Crippen molar-refractivity contribution in [2.24, 2.45) is 0 Å². The Labute approximate surface area is 127 Å². The van der Waals surface area contributed by atoms with Crippen LogP contribution in [0, 0.1) is 6.92 Å². The van der Waals surface area contributed by atoms with Crippen LogP contribution in [0.5, 0.6) is 5.75 Å². The van der Waals surface area contributed by atoms with E-state index in [-0.39, 0.29) is 12.5 Å². The van der Waals surface area contributed by atoms with Crippen LogP contribution < -0.4 is 10.1 Å². The highest BCUT2D eigenvalue weighted by atomic mass is 32.1. The molecule has 21 heavy (non-hydrogen) atoms. The Morgan fingerprint density at radius 3 is 2.76 bits per heavy atom. The first-order valence-corrected chi connectivity index (χ1v) is 7.41. The van der Waals surface area contributed by atoms with Crippen LogP contribution in [0.25, 0.3) is 0 Å². The number of carbonyl (C=O) groups is 2. The summed E-state index contributed by atoms with van der Waals surface area (Å²) in [5.41, 5.74) is 1.56. The molecule has 0 spiro atoms. The van der Waals surface area contributed by atoms with Gasteiger partial charge in [0.2, 0.25) is 0 Å². The van der Waals surface area contributed by atoms with Crippen molar-refractivity contribution in [3.8, 4) is 5.75 Å². The van der Waals surface area contributed by atoms with Gasteiger partial charge in [0.05, 0.1) is 10.7 Å². The maximum atomic E-state index is 11.6. The van der Waals surface area contributed by atoms with Gasteiger partial charge < -0.3 is 10.1 Å². The number of ether oxygens (including phenoxy) is 1. The van der Waals surface area contributed by atoms with Crippen molar-refractivity contribution in [1.82, 2.24) is 10.3 Å². The Kier molecular flexibility index (Phi) is 5.45. The van der Waals surface area contributed by atoms with Gasteiger partial charge in [0.1, 0.15) is 12.0 Å². The van der Waals surface area contributed by atoms with Crippen molar-refractivity contribution in [3.05, 3.63) is 45.9 Å². The summed E-state index contributed by atoms with van der Waals surface area (Å²) in [6, 6.07) is 6.61. The van der Waals surface area contributed by atoms with Crippen LogP contribution in [-0.4, -0.2) is 30.3 Å². The van der Waals surface area contributed by atoms with Crippen LogP contribution in [0.2, 0.25) is 0 Å². The lowest BCUT2D eigenvalue weighted by Gasteiger charge is -2.07. The molecule has 0 aliphatic heterocycles. The van der Waals surface area contributed by atoms with Crippen LogP contribution in [0.4, 0.5) is 0 Å². The van der Waals surface area contributed by atoms with Crippen molar-refractivity contribution in [3.63, 3.8) is 0 Å². The first kappa shape index (κ1) is 15.2. The highest BCUT2D eigenvalue weighted by Crippen LogP contribution is 2.10. The van der Waals surface area contributed by atoms with Gasteiger partial charge in [-0.2, -0.15) is 0 Å². The number of aryl methyl sites for hydroxylation is 1. The predicted octanol–water partition coefficient (Wildman–Crippen LogP) is 2.00. The third-order valence-electron chi connectivity index (χ3n) is 2.76. The van der Waals surface area contributed by atoms with E-state index in [1.165, 1.54) is 0 Å². The van der Waals surface area contributed by atoms with E-state index in [1.807, 2.05) is 12.3 Å². The van der Waals surface area contributed by atoms with Gasteiger partial charge in [-0.05, 0) is 31.2 Å². The minimum absolute atomic E-state index is 0.0451. The Bertz CT molecular complexity index is 608. The molecule has 2 aromatic rings. The highest BCUT2D eigenvalue weighted by molar-refractivity contribution is 7.09. The molecule has 0 atom stereocenters. The zero-order valence-electron chi connectivity index (χ0n) is 11.7. The predicted molar refractivity (Wildman–Crippen MR) is 80.9 cm³/mol. The average Bonchev–Trinajstić information content (AvgIpc) is 2.91. The summed E-state index contributed by atoms with van der Waals surface area (Å²) in [6.07, 6.45) is 1.47. The zero-order valence-corrected chi connectivity index (χ0v) is 12.5. The fourth-order valence-electron chi connectivity index (χ4n) is 1.70. The molecule has 0 bridgehead atoms. The third-order valence-corrected chi connectivity index (χ3v) is 3.58. The van der Waals surface area contributed by atoms with Crippen molar-refractivity contribution >= 4 is 23.5 Å². The number of nitrogens with zero attached hydrogens (tertiary/aromatic N) is 1. The second-order valence-corrected chi connectivity index (χ2v) is 5.50. The number of hydrogen-bond acceptors (Lipinski definition) is 5. The van der Waals surface area contributed by atoms with Gasteiger partial charge in [0.15, 0.2) is 6.61 Å². The van der Waals surface area contributed by atoms with Crippen molar-refractivity contribution in [2.75, 3.05) is 13.2 Å². The van der Waals surface area contributed by atoms with E-state index in [4.69, 9.17) is 4.74 Å². The molecule has 1 aromatic heterocycles. The lowest BCUT2D eigenvalue weighted by molar-refractivity contribution is -0.123. The number of hydrogen-bond donors (Lipinski definition) is 1. The maximum Gasteiger partial charge on any atom is 0.257 e. The van der Waals surface area contributed by atoms with Crippen molar-refractivity contribution in [1.29, 1.82) is 0 Å². The zero-order chi connectivity index (χ0) is 15.1. The number of aldehydes is 1. The summed E-state index contributed by atoms with van der Waals surface area (Å²) < 4.78 is 5.33. The molecule has 1 aromatic carbocycles. The van der Waals surface area contributed by atoms with E-state index >= 15 is 0 Å². The minimum atomic E-state index is -0.179. The SMILES string of the molecule is Cc1nc(CCNC(=O)COc2ccc(C=O)cc2)cs1. The number of nitrogens with one attached hydrogen (secondary N) is 1. The minimum Gasteiger partial charge on any atom is -0.484 e. The summed E-state index contributed by atoms with van der Waals surface area (Å²) in [7, 11) is 0. The molecule has 0 saturated carbocycles. The normalized spacial score (nSPS) is 10.1. The molecule has 1 N–H and O–H groups in total. The number of carbonyl (C=O) groups excluding carboxylic acids is 2. The Morgan fingerprint density at radius 1 is 1.38 bits per heavy atom. The molecule has 110 valence electrons. The monoisotopic (exact) mass is 304 g/mol. The first-order chi connectivity index (χ1) is 10.2. The Morgan fingerprint density at radius 2 is 2.14 bits per heavy atom. The maximum absolute atomic E-state index is 11.6. The molecular weight excluding hydrogens is 288 g/mol. The average molecular weight is 304 g/mol. The fraction of sp³-hybridized carbons (Fsp3) is 0.267. The largest absolute Gasteiger partial charge is 0.484 e. The van der Waals surface area contributed by atoms with E-state index in [1.54, 1.807) is 35.6 Å². The third kappa shape index (κ3) is 5.00. The molecule has 0 fully saturated rings. The molecule has 1 amide bonds. The summed E-state index contributed by atoms with van der Waals surface area (Å²) >= 11 is 1.60. The Balaban J connectivity index is 1.68. The summed E-state index contributed by atoms with van der Waals surface area (Å²) in [4.78, 5) is 26.5. The lowest BCUT2D eigenvalue weighted by atomic mass is 10.2. The van der Waals surface area contributed by atoms with Crippen LogP contribution >= 0.6 is 11.3 Å². The van der Waals surface area contributed by atoms with Gasteiger partial charge in [0, 0.05) is 23.9 Å². The summed E-state index contributed by atoms with van der Waals surface area (Å²) in [5, 5.41) is 5.80. The molecule has 0 saturated heterocycles. The first-order valence-electron chi connectivity index (χ1n) is 6.53. The smallest absolute Gasteiger partial charge is 0.257 e. The van der Waals surface area contributed by atoms with Gasteiger partial charge in [-0.1, -0.05) is 0 Å². The molecule has 5 nitrogen and oxygen atoms in total. The number of amides is 1. The van der Waals surface area contributed by atoms with Crippen LogP contribution in [-0.2, 0) is 11.2 Å². The van der Waals surface area contributed by atoms with Crippen molar-refractivity contribution < 1.29 is 14.3 Å². The standard InChI is InChI=1S/C15H16N2O3S/c1-11-17-13(10-21-11)6-7-16-15(19)9-20-14-4-2-12(8-18)3-5-14/h2-5,8,10H,6-7,9H2,1H3,(H,16,19). The van der Waals surface area contributed by atoms with Crippen LogP contribution in [0.15, 0.2) is 29.6 Å². The quantitative estimate of drug-likeness (QED) is 0.794. The fourth-order valence-corrected chi connectivity index (χ4v) is 2.34. The summed E-state index contributed by atoms with van der Waals surface area (Å²) in [5.74, 6) is 0.382. The van der Waals surface area contributed by atoms with E-state index in [2.05, 4.69) is 10.3 Å². The Hall–Kier alpha value is -2.21. The summed E-state index contributed by atoms with van der Waals surface area (Å²) in [6.45, 7) is 2.45. The van der Waals surface area contributed by atoms with Gasteiger partial charge >= 0.3 is 0 Å². The second-order valence-electron chi connectivity index (χ2n) is 4.43. The second kappa shape index (κ2) is 7.54. The highest BCUT2D eigenvalue weighted by Gasteiger charge is 2.04. The molecule has 0 aliphatic rings. The van der Waals surface area contributed by atoms with Crippen LogP contribution in [0.1, 0.15) is 21.1 Å². The number of thiazole rings is 1. The molecule has 6 heteroatoms. The van der Waals surface area contributed by atoms with E-state index in [9.17, 15) is 9.59 Å². The molecule has 2 rings (SSSR count). The van der Waals surface area contributed by atoms with Gasteiger partial charge in [-0.15, -0.1) is 11.3 Å². The number of rotatable bonds is 7. The van der Waals surface area contributed by atoms with Gasteiger partial charge in [-0.25, -0.2) is 4.98 Å². The molecule has 0 aliphatic carbocycles. The lowest BCUT2D eigenvalue weighted by Crippen LogP contribution is -2.30.